The standard InChI is InChI=1S/C19H22N2OS/c1-13-11-15-9-10-21(13)12-16(15)20-19(22)18-8-7-17(23-18)14-5-3-2-4-6-14/h2-8,13,15-16H,9-12H2,1H3,(H,20,22)/t13?,15?,16-/m0/s1. The molecule has 2 bridgehead atoms. The van der Waals surface area contributed by atoms with Crippen LogP contribution in [0.3, 0.4) is 0 Å². The molecular formula is C19H22N2OS. The Morgan fingerprint density at radius 2 is 2.04 bits per heavy atom. The topological polar surface area (TPSA) is 32.3 Å². The summed E-state index contributed by atoms with van der Waals surface area (Å²) in [5, 5.41) is 3.28. The van der Waals surface area contributed by atoms with Gasteiger partial charge >= 0.3 is 0 Å². The van der Waals surface area contributed by atoms with Gasteiger partial charge in [-0.1, -0.05) is 30.3 Å². The molecule has 0 aliphatic carbocycles. The van der Waals surface area contributed by atoms with Crippen LogP contribution in [0, 0.1) is 5.92 Å². The zero-order chi connectivity index (χ0) is 15.8. The molecule has 3 aliphatic heterocycles. The van der Waals surface area contributed by atoms with E-state index in [1.54, 1.807) is 11.3 Å². The van der Waals surface area contributed by atoms with Crippen molar-refractivity contribution in [1.29, 1.82) is 0 Å². The first-order chi connectivity index (χ1) is 11.2. The molecule has 1 N–H and O–H groups in total. The maximum Gasteiger partial charge on any atom is 0.261 e. The molecule has 4 heteroatoms. The second-order valence-corrected chi connectivity index (χ2v) is 7.82. The van der Waals surface area contributed by atoms with E-state index >= 15 is 0 Å². The van der Waals surface area contributed by atoms with Gasteiger partial charge in [0.1, 0.15) is 0 Å². The average molecular weight is 326 g/mol. The Morgan fingerprint density at radius 3 is 2.74 bits per heavy atom. The number of fused-ring (bicyclic) bond motifs is 3. The van der Waals surface area contributed by atoms with Gasteiger partial charge in [0.2, 0.25) is 0 Å². The third-order valence-corrected chi connectivity index (χ3v) is 6.39. The first-order valence-corrected chi connectivity index (χ1v) is 9.22. The second kappa shape index (κ2) is 6.10. The van der Waals surface area contributed by atoms with E-state index in [9.17, 15) is 4.79 Å². The maximum absolute atomic E-state index is 12.6. The lowest BCUT2D eigenvalue weighted by Gasteiger charge is -2.48. The summed E-state index contributed by atoms with van der Waals surface area (Å²) in [7, 11) is 0. The lowest BCUT2D eigenvalue weighted by molar-refractivity contribution is 0.0275. The van der Waals surface area contributed by atoms with Gasteiger partial charge in [0.05, 0.1) is 4.88 Å². The lowest BCUT2D eigenvalue weighted by atomic mass is 9.80. The molecule has 23 heavy (non-hydrogen) atoms. The Kier molecular flexibility index (Phi) is 3.95. The van der Waals surface area contributed by atoms with Crippen molar-refractivity contribution >= 4 is 17.2 Å². The minimum Gasteiger partial charge on any atom is -0.347 e. The average Bonchev–Trinajstić information content (AvgIpc) is 3.07. The van der Waals surface area contributed by atoms with E-state index in [2.05, 4.69) is 29.3 Å². The number of nitrogens with one attached hydrogen (secondary N) is 1. The molecule has 3 unspecified atom stereocenters. The quantitative estimate of drug-likeness (QED) is 0.934. The van der Waals surface area contributed by atoms with E-state index in [1.165, 1.54) is 24.9 Å². The Bertz CT molecular complexity index is 696. The Labute approximate surface area is 141 Å². The number of hydrogen-bond donors (Lipinski definition) is 1. The van der Waals surface area contributed by atoms with Crippen LogP contribution >= 0.6 is 11.3 Å². The molecule has 2 aromatic rings. The molecule has 3 nitrogen and oxygen atoms in total. The third kappa shape index (κ3) is 2.93. The van der Waals surface area contributed by atoms with E-state index in [-0.39, 0.29) is 5.91 Å². The number of thiophene rings is 1. The van der Waals surface area contributed by atoms with Crippen LogP contribution in [-0.4, -0.2) is 36.0 Å². The first kappa shape index (κ1) is 14.9. The van der Waals surface area contributed by atoms with Crippen molar-refractivity contribution in [2.24, 2.45) is 5.92 Å². The SMILES string of the molecule is CC1CC2CCN1C[C@@H]2NC(=O)c1ccc(-c2ccccc2)s1. The summed E-state index contributed by atoms with van der Waals surface area (Å²) in [6.45, 7) is 4.50. The van der Waals surface area contributed by atoms with E-state index < -0.39 is 0 Å². The zero-order valence-corrected chi connectivity index (χ0v) is 14.2. The minimum atomic E-state index is 0.0867. The highest BCUT2D eigenvalue weighted by Gasteiger charge is 2.38. The molecule has 0 saturated carbocycles. The molecule has 1 aromatic carbocycles. The van der Waals surface area contributed by atoms with Crippen LogP contribution < -0.4 is 5.32 Å². The normalized spacial score (nSPS) is 29.4. The molecule has 4 atom stereocenters. The number of piperidine rings is 3. The summed E-state index contributed by atoms with van der Waals surface area (Å²) in [6.07, 6.45) is 2.43. The second-order valence-electron chi connectivity index (χ2n) is 6.74. The third-order valence-electron chi connectivity index (χ3n) is 5.26. The number of rotatable bonds is 3. The summed E-state index contributed by atoms with van der Waals surface area (Å²) >= 11 is 1.58. The molecule has 5 rings (SSSR count). The van der Waals surface area contributed by atoms with Gasteiger partial charge in [-0.2, -0.15) is 0 Å². The molecule has 1 aromatic heterocycles. The number of carbonyl (C=O) groups excluding carboxylic acids is 1. The molecule has 120 valence electrons. The van der Waals surface area contributed by atoms with Gasteiger partial charge in [-0.15, -0.1) is 11.3 Å². The van der Waals surface area contributed by atoms with Gasteiger partial charge in [0.25, 0.3) is 5.91 Å². The van der Waals surface area contributed by atoms with Crippen molar-refractivity contribution in [2.75, 3.05) is 13.1 Å². The summed E-state index contributed by atoms with van der Waals surface area (Å²) in [4.78, 5) is 17.1. The van der Waals surface area contributed by atoms with Gasteiger partial charge in [-0.05, 0) is 49.9 Å². The van der Waals surface area contributed by atoms with E-state index in [4.69, 9.17) is 0 Å². The van der Waals surface area contributed by atoms with Crippen molar-refractivity contribution in [2.45, 2.75) is 31.8 Å². The number of nitrogens with zero attached hydrogens (tertiary/aromatic N) is 1. The number of hydrogen-bond acceptors (Lipinski definition) is 3. The van der Waals surface area contributed by atoms with Crippen molar-refractivity contribution in [3.8, 4) is 10.4 Å². The monoisotopic (exact) mass is 326 g/mol. The summed E-state index contributed by atoms with van der Waals surface area (Å²) < 4.78 is 0. The molecule has 3 aliphatic rings. The van der Waals surface area contributed by atoms with E-state index in [0.717, 1.165) is 16.3 Å². The van der Waals surface area contributed by atoms with Crippen molar-refractivity contribution in [3.63, 3.8) is 0 Å². The Balaban J connectivity index is 1.45. The Morgan fingerprint density at radius 1 is 1.22 bits per heavy atom. The van der Waals surface area contributed by atoms with Crippen LogP contribution in [0.2, 0.25) is 0 Å². The highest BCUT2D eigenvalue weighted by atomic mass is 32.1. The molecule has 0 radical (unpaired) electrons. The fraction of sp³-hybridized carbons (Fsp3) is 0.421. The predicted octanol–water partition coefficient (Wildman–Crippen LogP) is 3.63. The maximum atomic E-state index is 12.6. The van der Waals surface area contributed by atoms with Crippen molar-refractivity contribution < 1.29 is 4.79 Å². The summed E-state index contributed by atoms with van der Waals surface area (Å²) in [5.41, 5.74) is 1.17. The van der Waals surface area contributed by atoms with Gasteiger partial charge in [0, 0.05) is 23.5 Å². The van der Waals surface area contributed by atoms with Crippen LogP contribution in [0.1, 0.15) is 29.4 Å². The molecular weight excluding hydrogens is 304 g/mol. The molecule has 1 amide bonds. The van der Waals surface area contributed by atoms with Crippen LogP contribution in [0.15, 0.2) is 42.5 Å². The summed E-state index contributed by atoms with van der Waals surface area (Å²) in [5.74, 6) is 0.732. The van der Waals surface area contributed by atoms with Crippen molar-refractivity contribution in [1.82, 2.24) is 10.2 Å². The van der Waals surface area contributed by atoms with E-state index in [0.29, 0.717) is 18.0 Å². The molecule has 3 saturated heterocycles. The number of amides is 1. The largest absolute Gasteiger partial charge is 0.347 e. The lowest BCUT2D eigenvalue weighted by Crippen LogP contribution is -2.60. The predicted molar refractivity (Wildman–Crippen MR) is 94.8 cm³/mol. The molecule has 3 fully saturated rings. The fourth-order valence-electron chi connectivity index (χ4n) is 3.92. The van der Waals surface area contributed by atoms with Crippen LogP contribution in [-0.2, 0) is 0 Å². The number of carbonyl (C=O) groups is 1. The Hall–Kier alpha value is -1.65. The van der Waals surface area contributed by atoms with Gasteiger partial charge in [-0.3, -0.25) is 9.69 Å². The van der Waals surface area contributed by atoms with Gasteiger partial charge in [0.15, 0.2) is 0 Å². The van der Waals surface area contributed by atoms with Gasteiger partial charge < -0.3 is 5.32 Å². The fourth-order valence-corrected chi connectivity index (χ4v) is 4.83. The van der Waals surface area contributed by atoms with E-state index in [1.807, 2.05) is 30.3 Å². The van der Waals surface area contributed by atoms with Gasteiger partial charge in [-0.25, -0.2) is 0 Å². The smallest absolute Gasteiger partial charge is 0.261 e. The number of benzene rings is 1. The van der Waals surface area contributed by atoms with Crippen LogP contribution in [0.4, 0.5) is 0 Å². The van der Waals surface area contributed by atoms with Crippen LogP contribution in [0.5, 0.6) is 0 Å². The summed E-state index contributed by atoms with van der Waals surface area (Å²) in [6, 6.07) is 15.2. The van der Waals surface area contributed by atoms with Crippen LogP contribution in [0.25, 0.3) is 10.4 Å². The highest BCUT2D eigenvalue weighted by Crippen LogP contribution is 2.33. The molecule has 4 heterocycles. The van der Waals surface area contributed by atoms with Crippen molar-refractivity contribution in [3.05, 3.63) is 47.3 Å². The minimum absolute atomic E-state index is 0.0867. The highest BCUT2D eigenvalue weighted by molar-refractivity contribution is 7.17. The molecule has 0 spiro atoms. The first-order valence-electron chi connectivity index (χ1n) is 8.41. The zero-order valence-electron chi connectivity index (χ0n) is 13.4.